The second kappa shape index (κ2) is 7.07. The number of likely N-dealkylation sites (tertiary alicyclic amines) is 1. The third-order valence-corrected chi connectivity index (χ3v) is 5.02. The van der Waals surface area contributed by atoms with Crippen LogP contribution in [0, 0.1) is 5.41 Å². The summed E-state index contributed by atoms with van der Waals surface area (Å²) >= 11 is 6.27. The summed E-state index contributed by atoms with van der Waals surface area (Å²) < 4.78 is 1.60. The molecule has 1 N–H and O–H groups in total. The van der Waals surface area contributed by atoms with Gasteiger partial charge in [-0.05, 0) is 31.9 Å². The van der Waals surface area contributed by atoms with E-state index < -0.39 is 11.4 Å². The average Bonchev–Trinajstić information content (AvgIpc) is 3.20. The van der Waals surface area contributed by atoms with Gasteiger partial charge < -0.3 is 10.0 Å². The highest BCUT2D eigenvalue weighted by molar-refractivity contribution is 6.32. The summed E-state index contributed by atoms with van der Waals surface area (Å²) in [6.45, 7) is 4.21. The number of carbonyl (C=O) groups excluding carboxylic acids is 1. The fourth-order valence-electron chi connectivity index (χ4n) is 3.09. The Kier molecular flexibility index (Phi) is 5.00. The number of benzene rings is 1. The lowest BCUT2D eigenvalue weighted by Gasteiger charge is -2.19. The van der Waals surface area contributed by atoms with Crippen LogP contribution in [0.15, 0.2) is 24.3 Å². The van der Waals surface area contributed by atoms with E-state index in [0.29, 0.717) is 35.9 Å². The van der Waals surface area contributed by atoms with Crippen molar-refractivity contribution in [2.75, 3.05) is 13.1 Å². The van der Waals surface area contributed by atoms with Gasteiger partial charge in [0.1, 0.15) is 5.82 Å². The minimum atomic E-state index is -0.923. The van der Waals surface area contributed by atoms with Gasteiger partial charge in [-0.2, -0.15) is 0 Å². The molecule has 1 aliphatic rings. The van der Waals surface area contributed by atoms with Crippen molar-refractivity contribution in [1.29, 1.82) is 0 Å². The zero-order valence-electron chi connectivity index (χ0n) is 14.8. The summed E-state index contributed by atoms with van der Waals surface area (Å²) in [5.74, 6) is -0.515. The van der Waals surface area contributed by atoms with E-state index in [-0.39, 0.29) is 18.3 Å². The first-order chi connectivity index (χ1) is 12.4. The molecule has 0 radical (unpaired) electrons. The fraction of sp³-hybridized carbons (Fsp3) is 0.444. The molecule has 1 fully saturated rings. The second-order valence-corrected chi connectivity index (χ2v) is 7.21. The van der Waals surface area contributed by atoms with Crippen molar-refractivity contribution in [3.05, 3.63) is 40.9 Å². The Morgan fingerprint density at radius 1 is 1.35 bits per heavy atom. The van der Waals surface area contributed by atoms with E-state index in [1.807, 2.05) is 25.1 Å². The lowest BCUT2D eigenvalue weighted by Crippen LogP contribution is -2.35. The summed E-state index contributed by atoms with van der Waals surface area (Å²) in [6, 6.07) is 7.25. The van der Waals surface area contributed by atoms with Crippen molar-refractivity contribution in [1.82, 2.24) is 19.7 Å². The molecule has 1 aromatic carbocycles. The minimum absolute atomic E-state index is 0.0722. The van der Waals surface area contributed by atoms with Crippen molar-refractivity contribution >= 4 is 23.5 Å². The quantitative estimate of drug-likeness (QED) is 0.866. The van der Waals surface area contributed by atoms with Crippen molar-refractivity contribution in [2.45, 2.75) is 33.1 Å². The Labute approximate surface area is 156 Å². The Morgan fingerprint density at radius 3 is 2.69 bits per heavy atom. The molecule has 1 unspecified atom stereocenters. The molecule has 3 rings (SSSR count). The van der Waals surface area contributed by atoms with Gasteiger partial charge in [0.05, 0.1) is 16.1 Å². The predicted octanol–water partition coefficient (Wildman–Crippen LogP) is 2.81. The zero-order valence-corrected chi connectivity index (χ0v) is 15.5. The molecule has 8 heteroatoms. The maximum Gasteiger partial charge on any atom is 0.311 e. The maximum atomic E-state index is 12.8. The van der Waals surface area contributed by atoms with Crippen LogP contribution < -0.4 is 0 Å². The molecule has 7 nitrogen and oxygen atoms in total. The van der Waals surface area contributed by atoms with Gasteiger partial charge in [0, 0.05) is 19.5 Å². The molecule has 1 atom stereocenters. The normalized spacial score (nSPS) is 19.7. The number of hydrogen-bond acceptors (Lipinski definition) is 4. The third-order valence-electron chi connectivity index (χ3n) is 4.70. The molecule has 2 aromatic rings. The van der Waals surface area contributed by atoms with E-state index in [0.717, 1.165) is 6.42 Å². The average molecular weight is 377 g/mol. The van der Waals surface area contributed by atoms with Crippen LogP contribution in [0.1, 0.15) is 43.1 Å². The number of aryl methyl sites for hydroxylation is 1. The molecule has 0 aliphatic carbocycles. The first kappa shape index (κ1) is 18.4. The van der Waals surface area contributed by atoms with Gasteiger partial charge in [0.25, 0.3) is 5.91 Å². The monoisotopic (exact) mass is 376 g/mol. The lowest BCUT2D eigenvalue weighted by molar-refractivity contribution is -0.147. The highest BCUT2D eigenvalue weighted by Gasteiger charge is 2.43. The second-order valence-electron chi connectivity index (χ2n) is 6.81. The largest absolute Gasteiger partial charge is 0.481 e. The standard InChI is InChI=1S/C18H21ClN4O3/c1-3-6-14-20-15(21-23(14)13-8-5-4-7-12(13)19)16(24)22-10-9-18(2,11-22)17(25)26/h4-5,7-8H,3,6,9-11H2,1-2H3,(H,25,26). The van der Waals surface area contributed by atoms with Gasteiger partial charge in [-0.15, -0.1) is 5.10 Å². The van der Waals surface area contributed by atoms with Crippen LogP contribution in [0.3, 0.4) is 0 Å². The molecule has 1 aliphatic heterocycles. The van der Waals surface area contributed by atoms with Crippen LogP contribution in [0.5, 0.6) is 0 Å². The SMILES string of the molecule is CCCc1nc(C(=O)N2CCC(C)(C(=O)O)C2)nn1-c1ccccc1Cl. The maximum absolute atomic E-state index is 12.8. The molecule has 26 heavy (non-hydrogen) atoms. The Balaban J connectivity index is 1.92. The topological polar surface area (TPSA) is 88.3 Å². The fourth-order valence-corrected chi connectivity index (χ4v) is 3.30. The van der Waals surface area contributed by atoms with E-state index in [9.17, 15) is 14.7 Å². The first-order valence-electron chi connectivity index (χ1n) is 8.59. The summed E-state index contributed by atoms with van der Waals surface area (Å²) in [6.07, 6.45) is 1.91. The van der Waals surface area contributed by atoms with Crippen molar-refractivity contribution < 1.29 is 14.7 Å². The van der Waals surface area contributed by atoms with E-state index in [4.69, 9.17) is 11.6 Å². The van der Waals surface area contributed by atoms with Gasteiger partial charge in [-0.1, -0.05) is 30.7 Å². The molecule has 138 valence electrons. The zero-order chi connectivity index (χ0) is 18.9. The van der Waals surface area contributed by atoms with E-state index >= 15 is 0 Å². The number of aromatic nitrogens is 3. The molecule has 2 heterocycles. The van der Waals surface area contributed by atoms with Crippen LogP contribution in [-0.4, -0.2) is 49.7 Å². The molecule has 0 saturated carbocycles. The Morgan fingerprint density at radius 2 is 2.08 bits per heavy atom. The minimum Gasteiger partial charge on any atom is -0.481 e. The van der Waals surface area contributed by atoms with Crippen LogP contribution in [0.4, 0.5) is 0 Å². The summed E-state index contributed by atoms with van der Waals surface area (Å²) in [4.78, 5) is 30.1. The third kappa shape index (κ3) is 3.31. The summed E-state index contributed by atoms with van der Waals surface area (Å²) in [5, 5.41) is 14.3. The van der Waals surface area contributed by atoms with Crippen LogP contribution in [0.2, 0.25) is 5.02 Å². The van der Waals surface area contributed by atoms with Gasteiger partial charge in [0.2, 0.25) is 5.82 Å². The highest BCUT2D eigenvalue weighted by atomic mass is 35.5. The van der Waals surface area contributed by atoms with Gasteiger partial charge in [-0.25, -0.2) is 9.67 Å². The lowest BCUT2D eigenvalue weighted by atomic mass is 9.90. The van der Waals surface area contributed by atoms with Crippen LogP contribution in [0.25, 0.3) is 5.69 Å². The predicted molar refractivity (Wildman–Crippen MR) is 96.6 cm³/mol. The summed E-state index contributed by atoms with van der Waals surface area (Å²) in [7, 11) is 0. The van der Waals surface area contributed by atoms with Crippen molar-refractivity contribution in [2.24, 2.45) is 5.41 Å². The van der Waals surface area contributed by atoms with Gasteiger partial charge >= 0.3 is 5.97 Å². The van der Waals surface area contributed by atoms with Gasteiger partial charge in [-0.3, -0.25) is 9.59 Å². The number of carbonyl (C=O) groups is 2. The van der Waals surface area contributed by atoms with E-state index in [1.165, 1.54) is 4.90 Å². The molecular formula is C18H21ClN4O3. The molecular weight excluding hydrogens is 356 g/mol. The molecule has 1 aromatic heterocycles. The van der Waals surface area contributed by atoms with E-state index in [1.54, 1.807) is 17.7 Å². The van der Waals surface area contributed by atoms with Crippen molar-refractivity contribution in [3.8, 4) is 5.69 Å². The number of amides is 1. The smallest absolute Gasteiger partial charge is 0.311 e. The van der Waals surface area contributed by atoms with Crippen LogP contribution in [-0.2, 0) is 11.2 Å². The Bertz CT molecular complexity index is 851. The number of para-hydroxylation sites is 1. The van der Waals surface area contributed by atoms with Gasteiger partial charge in [0.15, 0.2) is 0 Å². The molecule has 0 spiro atoms. The number of aliphatic carboxylic acids is 1. The van der Waals surface area contributed by atoms with E-state index in [2.05, 4.69) is 10.1 Å². The summed E-state index contributed by atoms with van der Waals surface area (Å²) in [5.41, 5.74) is -0.256. The van der Waals surface area contributed by atoms with Crippen LogP contribution >= 0.6 is 11.6 Å². The number of rotatable bonds is 5. The number of hydrogen-bond donors (Lipinski definition) is 1. The Hall–Kier alpha value is -2.41. The highest BCUT2D eigenvalue weighted by Crippen LogP contribution is 2.31. The molecule has 1 amide bonds. The number of carboxylic acids is 1. The molecule has 1 saturated heterocycles. The van der Waals surface area contributed by atoms with Crippen molar-refractivity contribution in [3.63, 3.8) is 0 Å². The molecule has 0 bridgehead atoms. The number of halogens is 1. The number of nitrogens with zero attached hydrogens (tertiary/aromatic N) is 4. The first-order valence-corrected chi connectivity index (χ1v) is 8.97. The number of carboxylic acid groups (broad SMARTS) is 1.